The zero-order chi connectivity index (χ0) is 64.3. The Labute approximate surface area is 514 Å². The molecule has 88 heavy (non-hydrogen) atoms. The molecule has 0 saturated carbocycles. The van der Waals surface area contributed by atoms with Crippen molar-refractivity contribution in [3.63, 3.8) is 0 Å². The summed E-state index contributed by atoms with van der Waals surface area (Å²) in [6.45, 7) is 12.0. The van der Waals surface area contributed by atoms with Gasteiger partial charge in [0.25, 0.3) is 20.0 Å². The number of methoxy groups -OCH3 is 4. The molecular formula is C61H85N13O12S2. The first kappa shape index (κ1) is 68.6. The number of sulfonamides is 2. The Hall–Kier alpha value is -8.56. The number of amides is 4. The summed E-state index contributed by atoms with van der Waals surface area (Å²) in [6.07, 6.45) is 6.46. The van der Waals surface area contributed by atoms with E-state index in [4.69, 9.17) is 30.4 Å². The number of nitrogens with zero attached hydrogens (tertiary/aromatic N) is 2. The fraction of sp³-hybridized carbons (Fsp3) is 0.443. The predicted molar refractivity (Wildman–Crippen MR) is 340 cm³/mol. The molecule has 13 N–H and O–H groups in total. The van der Waals surface area contributed by atoms with E-state index in [1.165, 1.54) is 14.2 Å². The number of H-pyrrole nitrogens is 2. The van der Waals surface area contributed by atoms with E-state index in [1.807, 2.05) is 36.4 Å². The van der Waals surface area contributed by atoms with Crippen molar-refractivity contribution in [2.24, 2.45) is 21.5 Å². The summed E-state index contributed by atoms with van der Waals surface area (Å²) in [5, 5.41) is 16.5. The first-order valence-corrected chi connectivity index (χ1v) is 32.0. The van der Waals surface area contributed by atoms with Gasteiger partial charge in [-0.15, -0.1) is 0 Å². The van der Waals surface area contributed by atoms with Crippen LogP contribution < -0.4 is 66.4 Å². The van der Waals surface area contributed by atoms with Gasteiger partial charge in [-0.3, -0.25) is 29.2 Å². The van der Waals surface area contributed by atoms with E-state index in [1.54, 1.807) is 80.3 Å². The van der Waals surface area contributed by atoms with Gasteiger partial charge in [0.05, 0.1) is 51.1 Å². The number of ether oxygens (including phenoxy) is 4. The predicted octanol–water partition coefficient (Wildman–Crippen LogP) is 4.43. The lowest BCUT2D eigenvalue weighted by molar-refractivity contribution is -0.128. The van der Waals surface area contributed by atoms with Crippen molar-refractivity contribution < 1.29 is 55.0 Å². The van der Waals surface area contributed by atoms with Gasteiger partial charge < -0.3 is 67.0 Å². The molecule has 4 amide bonds. The molecular weight excluding hydrogens is 1170 g/mol. The molecule has 27 heteroatoms. The second-order valence-corrected chi connectivity index (χ2v) is 24.7. The molecule has 6 aromatic rings. The zero-order valence-electron chi connectivity index (χ0n) is 51.8. The number of carbonyl (C=O) groups is 4. The van der Waals surface area contributed by atoms with E-state index >= 15 is 0 Å². The van der Waals surface area contributed by atoms with Crippen molar-refractivity contribution in [1.29, 1.82) is 0 Å². The number of hydrogen-bond donors (Lipinski definition) is 11. The lowest BCUT2D eigenvalue weighted by Crippen LogP contribution is -2.48. The fourth-order valence-corrected chi connectivity index (χ4v) is 13.3. The first-order valence-electron chi connectivity index (χ1n) is 29.0. The maximum Gasteiger partial charge on any atom is 0.264 e. The van der Waals surface area contributed by atoms with E-state index in [2.05, 4.69) is 56.0 Å². The number of hydrogen-bond acceptors (Lipinski definition) is 15. The van der Waals surface area contributed by atoms with Crippen LogP contribution in [0.3, 0.4) is 0 Å². The van der Waals surface area contributed by atoms with Crippen LogP contribution in [-0.2, 0) is 52.1 Å². The van der Waals surface area contributed by atoms with Crippen LogP contribution in [0.2, 0.25) is 0 Å². The SMILES string of the molecule is COc1ccc2[nH]cc(CC(=O)N[C@H](CCCN=C(N)NS(=O)(=O)c3c(C)cc(OC)c(C)c3C)C(=O)NCCCCCNCCNC(=O)[C@@H](CCCN=C(N)NS(=O)(=O)c3c(C)cc(OC)c(C)c3C)NC(=O)Cc3c[nH]c4ccc(OC)cc34)c2c1. The highest BCUT2D eigenvalue weighted by molar-refractivity contribution is 7.90. The number of carbonyl (C=O) groups excluding carboxylic acids is 4. The Morgan fingerprint density at radius 3 is 1.36 bits per heavy atom. The maximum atomic E-state index is 13.7. The molecule has 6 rings (SSSR count). The van der Waals surface area contributed by atoms with Crippen LogP contribution in [0, 0.1) is 41.5 Å². The highest BCUT2D eigenvalue weighted by atomic mass is 32.2. The van der Waals surface area contributed by atoms with Crippen LogP contribution in [0.25, 0.3) is 21.8 Å². The van der Waals surface area contributed by atoms with Gasteiger partial charge in [0.15, 0.2) is 0 Å². The number of aryl methyl sites for hydroxylation is 2. The fourth-order valence-electron chi connectivity index (χ4n) is 10.4. The second kappa shape index (κ2) is 31.9. The third kappa shape index (κ3) is 18.5. The molecule has 2 atom stereocenters. The molecule has 0 unspecified atom stereocenters. The topological polar surface area (TPSA) is 366 Å². The molecule has 0 radical (unpaired) electrons. The third-order valence-corrected chi connectivity index (χ3v) is 18.5. The van der Waals surface area contributed by atoms with Crippen molar-refractivity contribution in [1.82, 2.24) is 46.0 Å². The summed E-state index contributed by atoms with van der Waals surface area (Å²) < 4.78 is 80.1. The molecule has 478 valence electrons. The summed E-state index contributed by atoms with van der Waals surface area (Å²) in [4.78, 5) is 69.4. The van der Waals surface area contributed by atoms with E-state index in [0.717, 1.165) is 40.2 Å². The number of benzene rings is 4. The largest absolute Gasteiger partial charge is 0.497 e. The van der Waals surface area contributed by atoms with Gasteiger partial charge in [-0.1, -0.05) is 6.42 Å². The van der Waals surface area contributed by atoms with Crippen LogP contribution in [0.5, 0.6) is 23.0 Å². The number of aromatic nitrogens is 2. The number of aromatic amines is 2. The van der Waals surface area contributed by atoms with Crippen molar-refractivity contribution in [2.45, 2.75) is 121 Å². The second-order valence-electron chi connectivity index (χ2n) is 21.4. The highest BCUT2D eigenvalue weighted by Crippen LogP contribution is 2.32. The van der Waals surface area contributed by atoms with Crippen molar-refractivity contribution in [3.05, 3.63) is 105 Å². The van der Waals surface area contributed by atoms with Crippen LogP contribution in [0.1, 0.15) is 89.5 Å². The van der Waals surface area contributed by atoms with Gasteiger partial charge in [-0.2, -0.15) is 0 Å². The summed E-state index contributed by atoms with van der Waals surface area (Å²) in [6, 6.07) is 12.4. The van der Waals surface area contributed by atoms with Crippen molar-refractivity contribution in [2.75, 3.05) is 67.7 Å². The number of unbranched alkanes of at least 4 members (excludes halogenated alkanes) is 2. The molecule has 0 aliphatic rings. The number of nitrogens with two attached hydrogens (primary N) is 2. The van der Waals surface area contributed by atoms with Gasteiger partial charge in [0.2, 0.25) is 35.5 Å². The van der Waals surface area contributed by atoms with Crippen molar-refractivity contribution >= 4 is 77.4 Å². The highest BCUT2D eigenvalue weighted by Gasteiger charge is 2.27. The van der Waals surface area contributed by atoms with Crippen LogP contribution in [0.4, 0.5) is 0 Å². The smallest absolute Gasteiger partial charge is 0.264 e. The minimum Gasteiger partial charge on any atom is -0.497 e. The molecule has 0 bridgehead atoms. The van der Waals surface area contributed by atoms with Crippen LogP contribution >= 0.6 is 0 Å². The Kier molecular flexibility index (Phi) is 24.8. The number of guanidine groups is 2. The third-order valence-electron chi connectivity index (χ3n) is 15.2. The normalized spacial score (nSPS) is 12.8. The molecule has 0 saturated heterocycles. The minimum absolute atomic E-state index is 0.0155. The number of nitrogens with one attached hydrogen (secondary N) is 9. The number of aliphatic imine (C=N–C) groups is 2. The zero-order valence-corrected chi connectivity index (χ0v) is 53.4. The molecule has 4 aromatic carbocycles. The van der Waals surface area contributed by atoms with Gasteiger partial charge in [-0.25, -0.2) is 26.3 Å². The molecule has 2 aromatic heterocycles. The number of rotatable bonds is 33. The summed E-state index contributed by atoms with van der Waals surface area (Å²) in [5.41, 5.74) is 18.6. The van der Waals surface area contributed by atoms with Gasteiger partial charge >= 0.3 is 0 Å². The molecule has 0 fully saturated rings. The van der Waals surface area contributed by atoms with Gasteiger partial charge in [-0.05, 0) is 180 Å². The lowest BCUT2D eigenvalue weighted by Gasteiger charge is -2.19. The Balaban J connectivity index is 0.981. The molecule has 0 aliphatic carbocycles. The summed E-state index contributed by atoms with van der Waals surface area (Å²) in [5.74, 6) is 0.163. The molecule has 2 heterocycles. The summed E-state index contributed by atoms with van der Waals surface area (Å²) in [7, 11) is -2.07. The lowest BCUT2D eigenvalue weighted by atomic mass is 10.1. The Bertz CT molecular complexity index is 3510. The molecule has 0 spiro atoms. The Morgan fingerprint density at radius 2 is 0.943 bits per heavy atom. The Morgan fingerprint density at radius 1 is 0.523 bits per heavy atom. The van der Waals surface area contributed by atoms with Gasteiger partial charge in [0, 0.05) is 66.9 Å². The summed E-state index contributed by atoms with van der Waals surface area (Å²) >= 11 is 0. The number of fused-ring (bicyclic) bond motifs is 2. The van der Waals surface area contributed by atoms with E-state index in [9.17, 15) is 36.0 Å². The van der Waals surface area contributed by atoms with Crippen LogP contribution in [-0.4, -0.2) is 142 Å². The van der Waals surface area contributed by atoms with Crippen LogP contribution in [0.15, 0.2) is 80.7 Å². The van der Waals surface area contributed by atoms with E-state index < -0.39 is 38.0 Å². The quantitative estimate of drug-likeness (QED) is 0.0154. The molecule has 25 nitrogen and oxygen atoms in total. The van der Waals surface area contributed by atoms with E-state index in [0.29, 0.717) is 88.0 Å². The average Bonchev–Trinajstić information content (AvgIpc) is 2.47. The molecule has 0 aliphatic heterocycles. The first-order chi connectivity index (χ1) is 41.9. The van der Waals surface area contributed by atoms with Crippen molar-refractivity contribution in [3.8, 4) is 23.0 Å². The van der Waals surface area contributed by atoms with E-state index in [-0.39, 0.29) is 97.6 Å². The minimum atomic E-state index is -4.11. The standard InChI is InChI=1S/C61H85N13O12S2/c1-36-28-52(85-9)38(3)40(5)56(36)87(79,80)73-60(62)67-24-14-16-50(71-54(75)30-42-34-69-48-20-18-44(83-7)32-46(42)48)58(77)65-23-13-11-12-22-64-26-27-66-59(78)51(72-55(76)31-43-35-70-49-21-19-45(84-8)33-47(43)49)17-15-25-68-61(63)74-88(81,82)57-37(2)29-53(86-10)39(4)41(57)6/h18-21,28-29,32-35,50-51,64,69-70H,11-17,22-27,30-31H2,1-10H3,(H,65,77)(H,66,78)(H,71,75)(H,72,76)(H3,62,67,73)(H3,63,68,74)/t50-,51-/m1/s1. The average molecular weight is 1260 g/mol. The maximum absolute atomic E-state index is 13.7. The van der Waals surface area contributed by atoms with Gasteiger partial charge in [0.1, 0.15) is 35.1 Å². The monoisotopic (exact) mass is 1260 g/mol.